The average Bonchev–Trinajstić information content (AvgIpc) is 3.10. The van der Waals surface area contributed by atoms with Crippen LogP contribution in [-0.4, -0.2) is 47.1 Å². The Labute approximate surface area is 209 Å². The zero-order valence-electron chi connectivity index (χ0n) is 21.7. The van der Waals surface area contributed by atoms with Gasteiger partial charge in [-0.2, -0.15) is 0 Å². The molecule has 3 aromatic rings. The monoisotopic (exact) mass is 471 g/mol. The highest BCUT2D eigenvalue weighted by Crippen LogP contribution is 2.26. The lowest BCUT2D eigenvalue weighted by Gasteiger charge is -2.26. The van der Waals surface area contributed by atoms with Gasteiger partial charge in [-0.15, -0.1) is 0 Å². The van der Waals surface area contributed by atoms with Crippen molar-refractivity contribution in [3.63, 3.8) is 0 Å². The van der Waals surface area contributed by atoms with Gasteiger partial charge in [0.15, 0.2) is 0 Å². The molecule has 2 heterocycles. The Hall–Kier alpha value is -3.41. The third-order valence-corrected chi connectivity index (χ3v) is 6.95. The zero-order valence-corrected chi connectivity index (χ0v) is 21.7. The van der Waals surface area contributed by atoms with Crippen LogP contribution < -0.4 is 10.2 Å². The number of aromatic nitrogens is 2. The van der Waals surface area contributed by atoms with Crippen molar-refractivity contribution in [1.82, 2.24) is 14.9 Å². The summed E-state index contributed by atoms with van der Waals surface area (Å²) >= 11 is 0. The lowest BCUT2D eigenvalue weighted by Crippen LogP contribution is -2.38. The molecule has 0 aliphatic carbocycles. The molecule has 35 heavy (non-hydrogen) atoms. The summed E-state index contributed by atoms with van der Waals surface area (Å²) in [6, 6.07) is 14.7. The molecule has 1 aromatic heterocycles. The van der Waals surface area contributed by atoms with E-state index in [1.807, 2.05) is 30.9 Å². The van der Waals surface area contributed by atoms with Gasteiger partial charge in [-0.3, -0.25) is 0 Å². The first-order valence-electron chi connectivity index (χ1n) is 12.6. The van der Waals surface area contributed by atoms with E-state index >= 15 is 0 Å². The van der Waals surface area contributed by atoms with E-state index in [1.165, 1.54) is 22.3 Å². The highest BCUT2D eigenvalue weighted by Gasteiger charge is 2.24. The van der Waals surface area contributed by atoms with Crippen LogP contribution in [0.15, 0.2) is 42.5 Å². The van der Waals surface area contributed by atoms with E-state index in [1.54, 1.807) is 0 Å². The summed E-state index contributed by atoms with van der Waals surface area (Å²) in [4.78, 5) is 27.1. The number of amides is 2. The Morgan fingerprint density at radius 1 is 0.943 bits per heavy atom. The molecule has 1 fully saturated rings. The second kappa shape index (κ2) is 10.9. The summed E-state index contributed by atoms with van der Waals surface area (Å²) in [7, 11) is 0. The molecule has 0 bridgehead atoms. The molecule has 0 radical (unpaired) electrons. The minimum atomic E-state index is -0.0338. The van der Waals surface area contributed by atoms with Crippen LogP contribution in [0.1, 0.15) is 52.7 Å². The van der Waals surface area contributed by atoms with Crippen LogP contribution in [0.2, 0.25) is 0 Å². The van der Waals surface area contributed by atoms with E-state index < -0.39 is 0 Å². The molecule has 0 atom stereocenters. The normalized spacial score (nSPS) is 14.1. The minimum absolute atomic E-state index is 0.0338. The topological polar surface area (TPSA) is 61.4 Å². The smallest absolute Gasteiger partial charge is 0.321 e. The molecule has 1 N–H and O–H groups in total. The number of rotatable bonds is 5. The fourth-order valence-electron chi connectivity index (χ4n) is 4.70. The second-order valence-corrected chi connectivity index (χ2v) is 9.54. The predicted octanol–water partition coefficient (Wildman–Crippen LogP) is 5.61. The number of hydrogen-bond acceptors (Lipinski definition) is 4. The van der Waals surface area contributed by atoms with E-state index in [2.05, 4.69) is 61.3 Å². The maximum Gasteiger partial charge on any atom is 0.321 e. The molecule has 1 aliphatic heterocycles. The highest BCUT2D eigenvalue weighted by molar-refractivity contribution is 5.90. The molecular weight excluding hydrogens is 434 g/mol. The number of aryl methyl sites for hydroxylation is 4. The number of carbonyl (C=O) groups excluding carboxylic acids is 1. The summed E-state index contributed by atoms with van der Waals surface area (Å²) in [6.45, 7) is 13.4. The first-order chi connectivity index (χ1) is 16.9. The molecule has 0 unspecified atom stereocenters. The van der Waals surface area contributed by atoms with Crippen LogP contribution >= 0.6 is 0 Å². The van der Waals surface area contributed by atoms with Gasteiger partial charge in [-0.1, -0.05) is 48.9 Å². The fourth-order valence-corrected chi connectivity index (χ4v) is 4.70. The number of nitrogens with one attached hydrogen (secondary N) is 1. The minimum Gasteiger partial charge on any atom is -0.354 e. The second-order valence-electron chi connectivity index (χ2n) is 9.54. The lowest BCUT2D eigenvalue weighted by molar-refractivity contribution is 0.215. The van der Waals surface area contributed by atoms with Gasteiger partial charge in [0.25, 0.3) is 0 Å². The Bertz CT molecular complexity index is 1190. The Kier molecular flexibility index (Phi) is 7.69. The van der Waals surface area contributed by atoms with Crippen LogP contribution in [-0.2, 0) is 12.8 Å². The number of nitrogens with zero attached hydrogens (tertiary/aromatic N) is 4. The van der Waals surface area contributed by atoms with Crippen molar-refractivity contribution in [2.24, 2.45) is 0 Å². The van der Waals surface area contributed by atoms with E-state index in [9.17, 15) is 4.79 Å². The van der Waals surface area contributed by atoms with Gasteiger partial charge in [0.2, 0.25) is 0 Å². The van der Waals surface area contributed by atoms with Crippen molar-refractivity contribution < 1.29 is 4.79 Å². The van der Waals surface area contributed by atoms with Crippen molar-refractivity contribution in [1.29, 1.82) is 0 Å². The van der Waals surface area contributed by atoms with Crippen molar-refractivity contribution in [2.75, 3.05) is 36.4 Å². The third-order valence-electron chi connectivity index (χ3n) is 6.95. The quantitative estimate of drug-likeness (QED) is 0.526. The summed E-state index contributed by atoms with van der Waals surface area (Å²) < 4.78 is 0. The maximum absolute atomic E-state index is 13.1. The summed E-state index contributed by atoms with van der Waals surface area (Å²) in [6.07, 6.45) is 2.58. The average molecular weight is 472 g/mol. The van der Waals surface area contributed by atoms with Gasteiger partial charge in [0.1, 0.15) is 11.6 Å². The highest BCUT2D eigenvalue weighted by atomic mass is 16.2. The number of urea groups is 1. The number of carbonyl (C=O) groups is 1. The predicted molar refractivity (Wildman–Crippen MR) is 143 cm³/mol. The molecule has 0 saturated carbocycles. The Balaban J connectivity index is 1.53. The van der Waals surface area contributed by atoms with Crippen LogP contribution in [0, 0.1) is 27.7 Å². The maximum atomic E-state index is 13.1. The van der Waals surface area contributed by atoms with E-state index in [-0.39, 0.29) is 6.03 Å². The lowest BCUT2D eigenvalue weighted by atomic mass is 10.0. The fraction of sp³-hybridized carbons (Fsp3) is 0.414. The van der Waals surface area contributed by atoms with Crippen molar-refractivity contribution >= 4 is 17.5 Å². The standard InChI is InChI=1S/C29H37N5O/c1-6-26-25(19-24-13-11-20(2)12-14-24)28(31-23(5)30-26)33-15-8-16-34(18-17-33)29(35)32-27-10-7-9-21(3)22(27)4/h7,9-14H,6,8,15-19H2,1-5H3,(H,32,35). The molecule has 1 aliphatic rings. The van der Waals surface area contributed by atoms with Crippen LogP contribution in [0.25, 0.3) is 0 Å². The first kappa shape index (κ1) is 24.7. The van der Waals surface area contributed by atoms with Crippen LogP contribution in [0.3, 0.4) is 0 Å². The molecule has 2 amide bonds. The van der Waals surface area contributed by atoms with Gasteiger partial charge in [-0.25, -0.2) is 14.8 Å². The third kappa shape index (κ3) is 5.81. The Morgan fingerprint density at radius 3 is 2.46 bits per heavy atom. The van der Waals surface area contributed by atoms with E-state index in [0.29, 0.717) is 6.54 Å². The van der Waals surface area contributed by atoms with Gasteiger partial charge in [-0.05, 0) is 63.3 Å². The molecule has 6 heteroatoms. The van der Waals surface area contributed by atoms with Crippen molar-refractivity contribution in [3.8, 4) is 0 Å². The molecule has 2 aromatic carbocycles. The van der Waals surface area contributed by atoms with Gasteiger partial charge in [0, 0.05) is 49.5 Å². The summed E-state index contributed by atoms with van der Waals surface area (Å²) in [5, 5.41) is 3.12. The number of benzene rings is 2. The number of anilines is 2. The molecule has 4 rings (SSSR count). The SMILES string of the molecule is CCc1nc(C)nc(N2CCCN(C(=O)Nc3cccc(C)c3C)CC2)c1Cc1ccc(C)cc1. The van der Waals surface area contributed by atoms with E-state index in [4.69, 9.17) is 9.97 Å². The zero-order chi connectivity index (χ0) is 24.9. The largest absolute Gasteiger partial charge is 0.354 e. The van der Waals surface area contributed by atoms with Gasteiger partial charge >= 0.3 is 6.03 Å². The molecule has 184 valence electrons. The van der Waals surface area contributed by atoms with Gasteiger partial charge < -0.3 is 15.1 Å². The molecule has 0 spiro atoms. The van der Waals surface area contributed by atoms with Crippen LogP contribution in [0.4, 0.5) is 16.3 Å². The Morgan fingerprint density at radius 2 is 1.71 bits per heavy atom. The van der Waals surface area contributed by atoms with Crippen molar-refractivity contribution in [2.45, 2.75) is 53.9 Å². The number of hydrogen-bond donors (Lipinski definition) is 1. The van der Waals surface area contributed by atoms with Gasteiger partial charge in [0.05, 0.1) is 0 Å². The molecule has 6 nitrogen and oxygen atoms in total. The summed E-state index contributed by atoms with van der Waals surface area (Å²) in [5.41, 5.74) is 8.02. The van der Waals surface area contributed by atoms with Crippen LogP contribution in [0.5, 0.6) is 0 Å². The molecule has 1 saturated heterocycles. The molecular formula is C29H37N5O. The van der Waals surface area contributed by atoms with Crippen molar-refractivity contribution in [3.05, 3.63) is 81.8 Å². The van der Waals surface area contributed by atoms with E-state index in [0.717, 1.165) is 67.5 Å². The summed E-state index contributed by atoms with van der Waals surface area (Å²) in [5.74, 6) is 1.82. The first-order valence-corrected chi connectivity index (χ1v) is 12.6.